The maximum Gasteiger partial charge on any atom is 0.228 e. The summed E-state index contributed by atoms with van der Waals surface area (Å²) in [6.45, 7) is 6.59. The number of hydrogen-bond acceptors (Lipinski definition) is 4. The van der Waals surface area contributed by atoms with E-state index in [0.29, 0.717) is 11.7 Å². The van der Waals surface area contributed by atoms with Crippen LogP contribution < -0.4 is 5.32 Å². The zero-order valence-corrected chi connectivity index (χ0v) is 14.0. The molecule has 1 aliphatic heterocycles. The second-order valence-corrected chi connectivity index (χ2v) is 6.80. The summed E-state index contributed by atoms with van der Waals surface area (Å²) >= 11 is 0. The zero-order chi connectivity index (χ0) is 16.1. The van der Waals surface area contributed by atoms with Crippen LogP contribution in [0.3, 0.4) is 0 Å². The van der Waals surface area contributed by atoms with Gasteiger partial charge in [-0.15, -0.1) is 0 Å². The van der Waals surface area contributed by atoms with Crippen LogP contribution in [-0.2, 0) is 16.1 Å². The summed E-state index contributed by atoms with van der Waals surface area (Å²) in [7, 11) is 0. The van der Waals surface area contributed by atoms with Crippen molar-refractivity contribution in [2.24, 2.45) is 11.8 Å². The summed E-state index contributed by atoms with van der Waals surface area (Å²) in [4.78, 5) is 19.2. The number of anilines is 1. The Kier molecular flexibility index (Phi) is 5.62. The average Bonchev–Trinajstić information content (AvgIpc) is 2.56. The molecule has 23 heavy (non-hydrogen) atoms. The third-order valence-corrected chi connectivity index (χ3v) is 5.03. The van der Waals surface area contributed by atoms with Crippen molar-refractivity contribution in [3.05, 3.63) is 23.9 Å². The van der Waals surface area contributed by atoms with Crippen LogP contribution in [0, 0.1) is 11.8 Å². The fourth-order valence-corrected chi connectivity index (χ4v) is 3.58. The highest BCUT2D eigenvalue weighted by atomic mass is 16.5. The molecule has 2 atom stereocenters. The van der Waals surface area contributed by atoms with Gasteiger partial charge >= 0.3 is 0 Å². The fraction of sp³-hybridized carbons (Fsp3) is 0.667. The number of rotatable bonds is 4. The van der Waals surface area contributed by atoms with Crippen molar-refractivity contribution in [1.29, 1.82) is 0 Å². The third kappa shape index (κ3) is 4.52. The lowest BCUT2D eigenvalue weighted by Crippen LogP contribution is -2.35. The van der Waals surface area contributed by atoms with Gasteiger partial charge < -0.3 is 10.1 Å². The van der Waals surface area contributed by atoms with Gasteiger partial charge in [-0.1, -0.05) is 19.8 Å². The van der Waals surface area contributed by atoms with Crippen molar-refractivity contribution in [1.82, 2.24) is 9.88 Å². The Morgan fingerprint density at radius 3 is 2.91 bits per heavy atom. The van der Waals surface area contributed by atoms with E-state index >= 15 is 0 Å². The first-order valence-electron chi connectivity index (χ1n) is 8.78. The predicted octanol–water partition coefficient (Wildman–Crippen LogP) is 2.68. The van der Waals surface area contributed by atoms with E-state index < -0.39 is 0 Å². The Bertz CT molecular complexity index is 529. The topological polar surface area (TPSA) is 54.5 Å². The summed E-state index contributed by atoms with van der Waals surface area (Å²) in [5.41, 5.74) is 1.19. The standard InChI is InChI=1S/C18H27N3O2/c1-14-4-2-3-5-16(14)18(22)20-17-12-15(6-7-19-17)13-21-8-10-23-11-9-21/h6-7,12,14,16H,2-5,8-11,13H2,1H3,(H,19,20,22). The average molecular weight is 317 g/mol. The number of amides is 1. The summed E-state index contributed by atoms with van der Waals surface area (Å²) in [6.07, 6.45) is 6.35. The first-order valence-corrected chi connectivity index (χ1v) is 8.78. The van der Waals surface area contributed by atoms with Gasteiger partial charge in [0.15, 0.2) is 0 Å². The van der Waals surface area contributed by atoms with Crippen LogP contribution in [0.15, 0.2) is 18.3 Å². The van der Waals surface area contributed by atoms with Crippen molar-refractivity contribution in [2.75, 3.05) is 31.6 Å². The highest BCUT2D eigenvalue weighted by Gasteiger charge is 2.27. The maximum atomic E-state index is 12.5. The molecule has 0 bridgehead atoms. The summed E-state index contributed by atoms with van der Waals surface area (Å²) in [5, 5.41) is 3.03. The Hall–Kier alpha value is -1.46. The molecule has 0 aromatic carbocycles. The first-order chi connectivity index (χ1) is 11.2. The number of morpholine rings is 1. The summed E-state index contributed by atoms with van der Waals surface area (Å²) in [6, 6.07) is 4.02. The third-order valence-electron chi connectivity index (χ3n) is 5.03. The van der Waals surface area contributed by atoms with Crippen molar-refractivity contribution in [2.45, 2.75) is 39.2 Å². The van der Waals surface area contributed by atoms with Gasteiger partial charge in [0.25, 0.3) is 0 Å². The largest absolute Gasteiger partial charge is 0.379 e. The predicted molar refractivity (Wildman–Crippen MR) is 90.1 cm³/mol. The molecule has 1 aliphatic carbocycles. The van der Waals surface area contributed by atoms with Crippen LogP contribution >= 0.6 is 0 Å². The molecule has 1 saturated carbocycles. The molecule has 2 unspecified atom stereocenters. The molecular formula is C18H27N3O2. The molecule has 2 fully saturated rings. The van der Waals surface area contributed by atoms with E-state index in [1.165, 1.54) is 12.0 Å². The van der Waals surface area contributed by atoms with Crippen LogP contribution in [0.5, 0.6) is 0 Å². The number of nitrogens with zero attached hydrogens (tertiary/aromatic N) is 2. The molecular weight excluding hydrogens is 290 g/mol. The van der Waals surface area contributed by atoms with Crippen LogP contribution in [0.25, 0.3) is 0 Å². The molecule has 5 heteroatoms. The Morgan fingerprint density at radius 1 is 1.35 bits per heavy atom. The van der Waals surface area contributed by atoms with Gasteiger partial charge in [0.05, 0.1) is 13.2 Å². The van der Waals surface area contributed by atoms with E-state index in [9.17, 15) is 4.79 Å². The minimum atomic E-state index is 0.133. The lowest BCUT2D eigenvalue weighted by Gasteiger charge is -2.28. The van der Waals surface area contributed by atoms with Crippen molar-refractivity contribution in [3.63, 3.8) is 0 Å². The number of pyridine rings is 1. The second kappa shape index (κ2) is 7.88. The monoisotopic (exact) mass is 317 g/mol. The zero-order valence-electron chi connectivity index (χ0n) is 14.0. The molecule has 2 heterocycles. The van der Waals surface area contributed by atoms with E-state index in [2.05, 4.69) is 22.1 Å². The maximum absolute atomic E-state index is 12.5. The number of ether oxygens (including phenoxy) is 1. The minimum Gasteiger partial charge on any atom is -0.379 e. The SMILES string of the molecule is CC1CCCCC1C(=O)Nc1cc(CN2CCOCC2)ccn1. The highest BCUT2D eigenvalue weighted by Crippen LogP contribution is 2.30. The van der Waals surface area contributed by atoms with E-state index in [-0.39, 0.29) is 11.8 Å². The molecule has 0 spiro atoms. The number of nitrogens with one attached hydrogen (secondary N) is 1. The molecule has 2 aliphatic rings. The quantitative estimate of drug-likeness (QED) is 0.927. The summed E-state index contributed by atoms with van der Waals surface area (Å²) < 4.78 is 5.38. The molecule has 3 rings (SSSR count). The second-order valence-electron chi connectivity index (χ2n) is 6.80. The molecule has 0 radical (unpaired) electrons. The van der Waals surface area contributed by atoms with E-state index in [1.54, 1.807) is 6.20 Å². The Labute approximate surface area is 138 Å². The molecule has 1 N–H and O–H groups in total. The van der Waals surface area contributed by atoms with Crippen LogP contribution in [0.2, 0.25) is 0 Å². The smallest absolute Gasteiger partial charge is 0.228 e. The fourth-order valence-electron chi connectivity index (χ4n) is 3.58. The van der Waals surface area contributed by atoms with Gasteiger partial charge in [-0.05, 0) is 36.5 Å². The minimum absolute atomic E-state index is 0.133. The Morgan fingerprint density at radius 2 is 2.13 bits per heavy atom. The van der Waals surface area contributed by atoms with E-state index in [1.807, 2.05) is 12.1 Å². The number of carbonyl (C=O) groups excluding carboxylic acids is 1. The Balaban J connectivity index is 1.59. The van der Waals surface area contributed by atoms with Crippen molar-refractivity contribution in [3.8, 4) is 0 Å². The lowest BCUT2D eigenvalue weighted by molar-refractivity contribution is -0.122. The molecule has 1 saturated heterocycles. The molecule has 1 aromatic heterocycles. The van der Waals surface area contributed by atoms with Gasteiger partial charge in [-0.3, -0.25) is 9.69 Å². The normalized spacial score (nSPS) is 26.0. The molecule has 1 aromatic rings. The van der Waals surface area contributed by atoms with Crippen LogP contribution in [-0.4, -0.2) is 42.1 Å². The number of aromatic nitrogens is 1. The number of carbonyl (C=O) groups is 1. The van der Waals surface area contributed by atoms with Crippen molar-refractivity contribution >= 4 is 11.7 Å². The van der Waals surface area contributed by atoms with Gasteiger partial charge in [0.1, 0.15) is 5.82 Å². The number of hydrogen-bond donors (Lipinski definition) is 1. The van der Waals surface area contributed by atoms with Gasteiger partial charge in [-0.25, -0.2) is 4.98 Å². The summed E-state index contributed by atoms with van der Waals surface area (Å²) in [5.74, 6) is 1.42. The molecule has 126 valence electrons. The van der Waals surface area contributed by atoms with Gasteiger partial charge in [0.2, 0.25) is 5.91 Å². The van der Waals surface area contributed by atoms with Crippen LogP contribution in [0.1, 0.15) is 38.2 Å². The molecule has 5 nitrogen and oxygen atoms in total. The first kappa shape index (κ1) is 16.4. The van der Waals surface area contributed by atoms with E-state index in [4.69, 9.17) is 4.74 Å². The van der Waals surface area contributed by atoms with Gasteiger partial charge in [-0.2, -0.15) is 0 Å². The highest BCUT2D eigenvalue weighted by molar-refractivity contribution is 5.91. The van der Waals surface area contributed by atoms with E-state index in [0.717, 1.165) is 52.1 Å². The molecule has 1 amide bonds. The lowest BCUT2D eigenvalue weighted by atomic mass is 9.80. The van der Waals surface area contributed by atoms with Gasteiger partial charge in [0, 0.05) is 31.7 Å². The van der Waals surface area contributed by atoms with Crippen LogP contribution in [0.4, 0.5) is 5.82 Å². The van der Waals surface area contributed by atoms with Crippen molar-refractivity contribution < 1.29 is 9.53 Å².